The van der Waals surface area contributed by atoms with Gasteiger partial charge in [0.1, 0.15) is 0 Å². The molecule has 0 spiro atoms. The summed E-state index contributed by atoms with van der Waals surface area (Å²) >= 11 is 1.56. The molecule has 0 aliphatic carbocycles. The molecular weight excluding hydrogens is 258 g/mol. The Morgan fingerprint density at radius 3 is 2.32 bits per heavy atom. The molecule has 1 aromatic rings. The predicted octanol–water partition coefficient (Wildman–Crippen LogP) is 2.46. The summed E-state index contributed by atoms with van der Waals surface area (Å²) in [4.78, 5) is 12.2. The van der Waals surface area contributed by atoms with E-state index in [1.54, 1.807) is 18.7 Å². The number of aliphatic hydroxyl groups is 1. The Morgan fingerprint density at radius 2 is 1.84 bits per heavy atom. The minimum atomic E-state index is -0.873. The van der Waals surface area contributed by atoms with Crippen molar-refractivity contribution in [3.63, 3.8) is 0 Å². The van der Waals surface area contributed by atoms with Crippen LogP contribution in [0.25, 0.3) is 0 Å². The standard InChI is InChI=1S/C15H23NO2S/c1-10-6-11(2)13(12(3)7-10)14(17)16-8-15(4,18)9-19-5/h6-7,18H,8-9H2,1-5H3,(H,16,17). The van der Waals surface area contributed by atoms with E-state index in [1.807, 2.05) is 39.2 Å². The van der Waals surface area contributed by atoms with Gasteiger partial charge in [-0.1, -0.05) is 17.7 Å². The van der Waals surface area contributed by atoms with Crippen LogP contribution in [0.3, 0.4) is 0 Å². The molecule has 106 valence electrons. The van der Waals surface area contributed by atoms with E-state index in [0.29, 0.717) is 11.3 Å². The monoisotopic (exact) mass is 281 g/mol. The molecule has 0 aliphatic rings. The second-order valence-electron chi connectivity index (χ2n) is 5.39. The smallest absolute Gasteiger partial charge is 0.251 e. The van der Waals surface area contributed by atoms with Gasteiger partial charge in [0.2, 0.25) is 0 Å². The summed E-state index contributed by atoms with van der Waals surface area (Å²) in [5.74, 6) is 0.482. The summed E-state index contributed by atoms with van der Waals surface area (Å²) in [6.07, 6.45) is 1.94. The highest BCUT2D eigenvalue weighted by Gasteiger charge is 2.21. The molecule has 2 N–H and O–H groups in total. The van der Waals surface area contributed by atoms with Crippen molar-refractivity contribution >= 4 is 17.7 Å². The summed E-state index contributed by atoms with van der Waals surface area (Å²) in [5.41, 5.74) is 2.94. The Labute approximate surface area is 119 Å². The minimum Gasteiger partial charge on any atom is -0.387 e. The first-order valence-electron chi connectivity index (χ1n) is 6.34. The first-order valence-corrected chi connectivity index (χ1v) is 7.73. The largest absolute Gasteiger partial charge is 0.387 e. The van der Waals surface area contributed by atoms with Crippen molar-refractivity contribution < 1.29 is 9.90 Å². The lowest BCUT2D eigenvalue weighted by Gasteiger charge is -2.23. The lowest BCUT2D eigenvalue weighted by molar-refractivity contribution is 0.0724. The molecule has 3 nitrogen and oxygen atoms in total. The third-order valence-corrected chi connectivity index (χ3v) is 3.90. The maximum Gasteiger partial charge on any atom is 0.251 e. The number of carbonyl (C=O) groups excluding carboxylic acids is 1. The highest BCUT2D eigenvalue weighted by atomic mass is 32.2. The molecule has 1 rings (SSSR count). The zero-order valence-electron chi connectivity index (χ0n) is 12.3. The van der Waals surface area contributed by atoms with Gasteiger partial charge in [-0.05, 0) is 45.1 Å². The summed E-state index contributed by atoms with van der Waals surface area (Å²) in [6.45, 7) is 7.90. The van der Waals surface area contributed by atoms with Crippen LogP contribution in [0.2, 0.25) is 0 Å². The molecule has 1 aromatic carbocycles. The van der Waals surface area contributed by atoms with Crippen molar-refractivity contribution in [1.29, 1.82) is 0 Å². The molecule has 1 amide bonds. The van der Waals surface area contributed by atoms with E-state index in [9.17, 15) is 9.90 Å². The third-order valence-electron chi connectivity index (χ3n) is 2.99. The third kappa shape index (κ3) is 4.55. The van der Waals surface area contributed by atoms with Gasteiger partial charge >= 0.3 is 0 Å². The topological polar surface area (TPSA) is 49.3 Å². The van der Waals surface area contributed by atoms with Gasteiger partial charge in [-0.3, -0.25) is 4.79 Å². The lowest BCUT2D eigenvalue weighted by atomic mass is 9.99. The van der Waals surface area contributed by atoms with Crippen molar-refractivity contribution in [3.8, 4) is 0 Å². The van der Waals surface area contributed by atoms with Crippen LogP contribution < -0.4 is 5.32 Å². The number of amides is 1. The highest BCUT2D eigenvalue weighted by Crippen LogP contribution is 2.17. The quantitative estimate of drug-likeness (QED) is 0.871. The van der Waals surface area contributed by atoms with E-state index >= 15 is 0 Å². The van der Waals surface area contributed by atoms with E-state index in [1.165, 1.54) is 0 Å². The molecule has 0 saturated carbocycles. The SMILES string of the molecule is CSCC(C)(O)CNC(=O)c1c(C)cc(C)cc1C. The molecule has 0 bridgehead atoms. The maximum absolute atomic E-state index is 12.2. The highest BCUT2D eigenvalue weighted by molar-refractivity contribution is 7.98. The van der Waals surface area contributed by atoms with Crippen molar-refractivity contribution in [2.75, 3.05) is 18.6 Å². The lowest BCUT2D eigenvalue weighted by Crippen LogP contribution is -2.42. The Morgan fingerprint density at radius 1 is 1.32 bits per heavy atom. The number of carbonyl (C=O) groups is 1. The molecule has 0 heterocycles. The Balaban J connectivity index is 2.80. The van der Waals surface area contributed by atoms with E-state index in [2.05, 4.69) is 5.32 Å². The molecule has 0 fully saturated rings. The van der Waals surface area contributed by atoms with Gasteiger partial charge < -0.3 is 10.4 Å². The van der Waals surface area contributed by atoms with E-state index in [0.717, 1.165) is 16.7 Å². The van der Waals surface area contributed by atoms with Crippen molar-refractivity contribution in [1.82, 2.24) is 5.32 Å². The van der Waals surface area contributed by atoms with Crippen molar-refractivity contribution in [2.45, 2.75) is 33.3 Å². The first-order chi connectivity index (χ1) is 8.76. The van der Waals surface area contributed by atoms with Crippen LogP contribution in [0.5, 0.6) is 0 Å². The second-order valence-corrected chi connectivity index (χ2v) is 6.25. The molecule has 0 saturated heterocycles. The Bertz CT molecular complexity index is 446. The number of nitrogens with one attached hydrogen (secondary N) is 1. The van der Waals surface area contributed by atoms with E-state index < -0.39 is 5.60 Å². The molecule has 0 radical (unpaired) electrons. The average molecular weight is 281 g/mol. The van der Waals surface area contributed by atoms with Crippen molar-refractivity contribution in [2.24, 2.45) is 0 Å². The summed E-state index contributed by atoms with van der Waals surface area (Å²) in [7, 11) is 0. The van der Waals surface area contributed by atoms with Crippen LogP contribution in [0.15, 0.2) is 12.1 Å². The number of benzene rings is 1. The summed E-state index contributed by atoms with van der Waals surface area (Å²) < 4.78 is 0. The average Bonchev–Trinajstić information content (AvgIpc) is 2.25. The van der Waals surface area contributed by atoms with Crippen LogP contribution in [0, 0.1) is 20.8 Å². The predicted molar refractivity (Wildman–Crippen MR) is 82.0 cm³/mol. The number of rotatable bonds is 5. The Hall–Kier alpha value is -1.00. The molecule has 1 unspecified atom stereocenters. The maximum atomic E-state index is 12.2. The van der Waals surface area contributed by atoms with Crippen LogP contribution in [-0.4, -0.2) is 35.2 Å². The normalized spacial score (nSPS) is 14.0. The van der Waals surface area contributed by atoms with Crippen LogP contribution in [0.4, 0.5) is 0 Å². The number of hydrogen-bond donors (Lipinski definition) is 2. The van der Waals surface area contributed by atoms with Gasteiger partial charge in [-0.2, -0.15) is 11.8 Å². The fraction of sp³-hybridized carbons (Fsp3) is 0.533. The summed E-state index contributed by atoms with van der Waals surface area (Å²) in [5, 5.41) is 12.9. The molecule has 19 heavy (non-hydrogen) atoms. The zero-order valence-corrected chi connectivity index (χ0v) is 13.1. The minimum absolute atomic E-state index is 0.114. The zero-order chi connectivity index (χ0) is 14.6. The van der Waals surface area contributed by atoms with Crippen molar-refractivity contribution in [3.05, 3.63) is 34.4 Å². The molecule has 1 atom stereocenters. The van der Waals surface area contributed by atoms with Gasteiger partial charge in [0, 0.05) is 17.9 Å². The van der Waals surface area contributed by atoms with Gasteiger partial charge in [-0.15, -0.1) is 0 Å². The number of aryl methyl sites for hydroxylation is 3. The Kier molecular flexibility index (Phi) is 5.44. The van der Waals surface area contributed by atoms with Gasteiger partial charge in [-0.25, -0.2) is 0 Å². The van der Waals surface area contributed by atoms with Crippen LogP contribution >= 0.6 is 11.8 Å². The van der Waals surface area contributed by atoms with Gasteiger partial charge in [0.25, 0.3) is 5.91 Å². The van der Waals surface area contributed by atoms with Gasteiger partial charge in [0.15, 0.2) is 0 Å². The first kappa shape index (κ1) is 16.1. The second kappa shape index (κ2) is 6.44. The van der Waals surface area contributed by atoms with E-state index in [4.69, 9.17) is 0 Å². The van der Waals surface area contributed by atoms with Crippen LogP contribution in [0.1, 0.15) is 34.0 Å². The fourth-order valence-electron chi connectivity index (χ4n) is 2.26. The fourth-order valence-corrected chi connectivity index (χ4v) is 2.98. The summed E-state index contributed by atoms with van der Waals surface area (Å²) in [6, 6.07) is 4.00. The molecule has 4 heteroatoms. The molecule has 0 aliphatic heterocycles. The van der Waals surface area contributed by atoms with Gasteiger partial charge in [0.05, 0.1) is 5.60 Å². The number of thioether (sulfide) groups is 1. The molecular formula is C15H23NO2S. The van der Waals surface area contributed by atoms with Crippen LogP contribution in [-0.2, 0) is 0 Å². The van der Waals surface area contributed by atoms with E-state index in [-0.39, 0.29) is 12.5 Å². The molecule has 0 aromatic heterocycles. The number of hydrogen-bond acceptors (Lipinski definition) is 3.